The summed E-state index contributed by atoms with van der Waals surface area (Å²) in [7, 11) is 0. The van der Waals surface area contributed by atoms with Crippen molar-refractivity contribution in [2.75, 3.05) is 5.32 Å². The molecule has 0 saturated heterocycles. The molecule has 2 heteroatoms. The van der Waals surface area contributed by atoms with Gasteiger partial charge in [-0.05, 0) is 38.3 Å². The van der Waals surface area contributed by atoms with Crippen LogP contribution >= 0.6 is 0 Å². The van der Waals surface area contributed by atoms with Crippen molar-refractivity contribution in [3.8, 4) is 0 Å². The number of Topliss-reactive ketones (excluding diaryl/α,β-unsaturated/α-hetero) is 1. The fraction of sp³-hybridized carbons (Fsp3) is 0.357. The van der Waals surface area contributed by atoms with Gasteiger partial charge in [0.1, 0.15) is 0 Å². The van der Waals surface area contributed by atoms with Crippen LogP contribution in [0.2, 0.25) is 0 Å². The van der Waals surface area contributed by atoms with Gasteiger partial charge < -0.3 is 5.32 Å². The van der Waals surface area contributed by atoms with Gasteiger partial charge in [-0.15, -0.1) is 0 Å². The average Bonchev–Trinajstić information content (AvgIpc) is 2.30. The summed E-state index contributed by atoms with van der Waals surface area (Å²) in [6.45, 7) is 2.06. The summed E-state index contributed by atoms with van der Waals surface area (Å²) in [5, 5.41) is 3.19. The number of anilines is 1. The maximum atomic E-state index is 11.6. The van der Waals surface area contributed by atoms with E-state index in [1.54, 1.807) is 0 Å². The minimum absolute atomic E-state index is 0.297. The zero-order chi connectivity index (χ0) is 11.4. The maximum absolute atomic E-state index is 11.6. The molecule has 1 aliphatic rings. The second kappa shape index (κ2) is 4.97. The summed E-state index contributed by atoms with van der Waals surface area (Å²) < 4.78 is 0. The van der Waals surface area contributed by atoms with Gasteiger partial charge in [0, 0.05) is 23.9 Å². The fourth-order valence-corrected chi connectivity index (χ4v) is 1.87. The molecule has 16 heavy (non-hydrogen) atoms. The molecule has 0 unspecified atom stereocenters. The van der Waals surface area contributed by atoms with E-state index in [2.05, 4.69) is 24.4 Å². The van der Waals surface area contributed by atoms with Crippen LogP contribution < -0.4 is 5.32 Å². The number of aryl methyl sites for hydroxylation is 1. The van der Waals surface area contributed by atoms with E-state index in [9.17, 15) is 4.79 Å². The Labute approximate surface area is 96.4 Å². The standard InChI is InChI=1S/C14H17NO/c1-11-6-8-13(9-7-11)15-10-12-4-2-3-5-14(12)16/h6-10,15H,2-5H2,1H3/b12-10-. The van der Waals surface area contributed by atoms with E-state index in [0.717, 1.165) is 30.5 Å². The molecule has 0 heterocycles. The van der Waals surface area contributed by atoms with E-state index in [4.69, 9.17) is 0 Å². The maximum Gasteiger partial charge on any atom is 0.160 e. The quantitative estimate of drug-likeness (QED) is 0.766. The highest BCUT2D eigenvalue weighted by atomic mass is 16.1. The predicted octanol–water partition coefficient (Wildman–Crippen LogP) is 3.43. The third-order valence-electron chi connectivity index (χ3n) is 2.92. The van der Waals surface area contributed by atoms with Gasteiger partial charge in [0.05, 0.1) is 0 Å². The summed E-state index contributed by atoms with van der Waals surface area (Å²) >= 11 is 0. The molecule has 1 aromatic rings. The van der Waals surface area contributed by atoms with Gasteiger partial charge in [0.2, 0.25) is 0 Å². The SMILES string of the molecule is Cc1ccc(N/C=C2/CCCCC2=O)cc1. The number of hydrogen-bond acceptors (Lipinski definition) is 2. The lowest BCUT2D eigenvalue weighted by molar-refractivity contribution is -0.116. The molecule has 0 aliphatic heterocycles. The number of carbonyl (C=O) groups excluding carboxylic acids is 1. The van der Waals surface area contributed by atoms with Crippen LogP contribution in [0.15, 0.2) is 36.0 Å². The number of rotatable bonds is 2. The Hall–Kier alpha value is -1.57. The van der Waals surface area contributed by atoms with Gasteiger partial charge in [-0.1, -0.05) is 17.7 Å². The topological polar surface area (TPSA) is 29.1 Å². The third-order valence-corrected chi connectivity index (χ3v) is 2.92. The number of benzene rings is 1. The Morgan fingerprint density at radius 3 is 2.50 bits per heavy atom. The van der Waals surface area contributed by atoms with E-state index < -0.39 is 0 Å². The van der Waals surface area contributed by atoms with E-state index in [1.165, 1.54) is 5.56 Å². The lowest BCUT2D eigenvalue weighted by Gasteiger charge is -2.12. The molecular weight excluding hydrogens is 198 g/mol. The highest BCUT2D eigenvalue weighted by molar-refractivity contribution is 5.96. The van der Waals surface area contributed by atoms with Gasteiger partial charge in [-0.25, -0.2) is 0 Å². The summed E-state index contributed by atoms with van der Waals surface area (Å²) in [5.41, 5.74) is 3.22. The van der Waals surface area contributed by atoms with E-state index in [-0.39, 0.29) is 0 Å². The van der Waals surface area contributed by atoms with Crippen LogP contribution in [-0.4, -0.2) is 5.78 Å². The van der Waals surface area contributed by atoms with E-state index in [0.29, 0.717) is 12.2 Å². The molecule has 1 aliphatic carbocycles. The van der Waals surface area contributed by atoms with Crippen molar-refractivity contribution in [1.82, 2.24) is 0 Å². The molecule has 2 nitrogen and oxygen atoms in total. The second-order valence-electron chi connectivity index (χ2n) is 4.31. The van der Waals surface area contributed by atoms with Crippen LogP contribution in [0, 0.1) is 6.92 Å². The van der Waals surface area contributed by atoms with Crippen LogP contribution in [0.5, 0.6) is 0 Å². The molecule has 0 radical (unpaired) electrons. The molecule has 1 aromatic carbocycles. The third kappa shape index (κ3) is 2.72. The first-order chi connectivity index (χ1) is 7.75. The van der Waals surface area contributed by atoms with Gasteiger partial charge in [0.25, 0.3) is 0 Å². The Balaban J connectivity index is 2.02. The van der Waals surface area contributed by atoms with Crippen molar-refractivity contribution in [1.29, 1.82) is 0 Å². The van der Waals surface area contributed by atoms with Crippen molar-refractivity contribution >= 4 is 11.5 Å². The van der Waals surface area contributed by atoms with Gasteiger partial charge in [0.15, 0.2) is 5.78 Å². The lowest BCUT2D eigenvalue weighted by Crippen LogP contribution is -2.09. The van der Waals surface area contributed by atoms with Crippen LogP contribution in [0.4, 0.5) is 5.69 Å². The van der Waals surface area contributed by atoms with Gasteiger partial charge in [-0.3, -0.25) is 4.79 Å². The van der Waals surface area contributed by atoms with Crippen LogP contribution in [0.3, 0.4) is 0 Å². The first-order valence-electron chi connectivity index (χ1n) is 5.81. The number of nitrogens with one attached hydrogen (secondary N) is 1. The first kappa shape index (κ1) is 10.9. The van der Waals surface area contributed by atoms with E-state index >= 15 is 0 Å². The van der Waals surface area contributed by atoms with Crippen LogP contribution in [0.25, 0.3) is 0 Å². The number of carbonyl (C=O) groups is 1. The molecule has 1 saturated carbocycles. The predicted molar refractivity (Wildman–Crippen MR) is 66.4 cm³/mol. The van der Waals surface area contributed by atoms with Crippen molar-refractivity contribution in [3.63, 3.8) is 0 Å². The number of hydrogen-bond donors (Lipinski definition) is 1. The molecule has 2 rings (SSSR count). The molecule has 0 atom stereocenters. The van der Waals surface area contributed by atoms with Crippen molar-refractivity contribution in [2.45, 2.75) is 32.6 Å². The Morgan fingerprint density at radius 1 is 1.12 bits per heavy atom. The summed E-state index contributed by atoms with van der Waals surface area (Å²) in [5.74, 6) is 0.297. The zero-order valence-corrected chi connectivity index (χ0v) is 9.62. The van der Waals surface area contributed by atoms with Gasteiger partial charge in [-0.2, -0.15) is 0 Å². The molecule has 1 N–H and O–H groups in total. The molecule has 0 aromatic heterocycles. The normalized spacial score (nSPS) is 18.8. The van der Waals surface area contributed by atoms with Crippen molar-refractivity contribution in [3.05, 3.63) is 41.6 Å². The minimum Gasteiger partial charge on any atom is -0.361 e. The Bertz CT molecular complexity index is 403. The highest BCUT2D eigenvalue weighted by Gasteiger charge is 2.14. The fourth-order valence-electron chi connectivity index (χ4n) is 1.87. The number of ketones is 1. The molecule has 84 valence electrons. The second-order valence-corrected chi connectivity index (χ2v) is 4.31. The number of allylic oxidation sites excluding steroid dienone is 1. The molecule has 0 bridgehead atoms. The van der Waals surface area contributed by atoms with Crippen molar-refractivity contribution in [2.24, 2.45) is 0 Å². The van der Waals surface area contributed by atoms with Crippen molar-refractivity contribution < 1.29 is 4.79 Å². The Morgan fingerprint density at radius 2 is 1.81 bits per heavy atom. The monoisotopic (exact) mass is 215 g/mol. The summed E-state index contributed by atoms with van der Waals surface area (Å²) in [4.78, 5) is 11.6. The molecule has 0 spiro atoms. The smallest absolute Gasteiger partial charge is 0.160 e. The summed E-state index contributed by atoms with van der Waals surface area (Å²) in [6.07, 6.45) is 5.67. The first-order valence-corrected chi connectivity index (χ1v) is 5.81. The Kier molecular flexibility index (Phi) is 3.40. The minimum atomic E-state index is 0.297. The van der Waals surface area contributed by atoms with Crippen LogP contribution in [-0.2, 0) is 4.79 Å². The van der Waals surface area contributed by atoms with Gasteiger partial charge >= 0.3 is 0 Å². The molecule has 1 fully saturated rings. The average molecular weight is 215 g/mol. The zero-order valence-electron chi connectivity index (χ0n) is 9.62. The highest BCUT2D eigenvalue weighted by Crippen LogP contribution is 2.20. The van der Waals surface area contributed by atoms with Crippen LogP contribution in [0.1, 0.15) is 31.2 Å². The molecular formula is C14H17NO. The largest absolute Gasteiger partial charge is 0.361 e. The van der Waals surface area contributed by atoms with E-state index in [1.807, 2.05) is 18.3 Å². The lowest BCUT2D eigenvalue weighted by atomic mass is 9.94. The summed E-state index contributed by atoms with van der Waals surface area (Å²) in [6, 6.07) is 8.17. The molecule has 0 amide bonds.